The molecular weight excluding hydrogens is 198 g/mol. The third-order valence-corrected chi connectivity index (χ3v) is 2.21. The highest BCUT2D eigenvalue weighted by Gasteiger charge is 2.02. The van der Waals surface area contributed by atoms with Gasteiger partial charge in [0.25, 0.3) is 0 Å². The van der Waals surface area contributed by atoms with Gasteiger partial charge in [0.05, 0.1) is 5.69 Å². The number of aryl methyl sites for hydroxylation is 1. The summed E-state index contributed by atoms with van der Waals surface area (Å²) < 4.78 is 0. The maximum atomic E-state index is 5.54. The fourth-order valence-electron chi connectivity index (χ4n) is 1.55. The third kappa shape index (κ3) is 2.01. The van der Waals surface area contributed by atoms with Crippen LogP contribution in [0.25, 0.3) is 11.3 Å². The zero-order chi connectivity index (χ0) is 11.5. The van der Waals surface area contributed by atoms with Gasteiger partial charge in [-0.25, -0.2) is 9.97 Å². The van der Waals surface area contributed by atoms with E-state index in [1.165, 1.54) is 0 Å². The topological polar surface area (TPSA) is 51.8 Å². The number of terminal acetylenes is 1. The number of hydrogen-bond donors (Lipinski definition) is 1. The summed E-state index contributed by atoms with van der Waals surface area (Å²) in [6.45, 7) is 1.99. The van der Waals surface area contributed by atoms with Gasteiger partial charge in [-0.05, 0) is 36.8 Å². The molecule has 2 rings (SSSR count). The number of benzene rings is 1. The van der Waals surface area contributed by atoms with E-state index < -0.39 is 0 Å². The summed E-state index contributed by atoms with van der Waals surface area (Å²) in [5, 5.41) is 0. The molecule has 16 heavy (non-hydrogen) atoms. The van der Waals surface area contributed by atoms with Gasteiger partial charge in [-0.2, -0.15) is 0 Å². The van der Waals surface area contributed by atoms with Gasteiger partial charge in [-0.1, -0.05) is 5.92 Å². The summed E-state index contributed by atoms with van der Waals surface area (Å²) in [7, 11) is 0. The van der Waals surface area contributed by atoms with Crippen molar-refractivity contribution in [3.63, 3.8) is 0 Å². The van der Waals surface area contributed by atoms with Crippen molar-refractivity contribution in [1.29, 1.82) is 0 Å². The van der Waals surface area contributed by atoms with E-state index in [4.69, 9.17) is 12.2 Å². The Bertz CT molecular complexity index is 568. The molecular formula is C13H11N3. The number of nitrogen functional groups attached to an aromatic ring is 1. The van der Waals surface area contributed by atoms with E-state index in [0.29, 0.717) is 0 Å². The summed E-state index contributed by atoms with van der Waals surface area (Å²) in [4.78, 5) is 8.01. The van der Waals surface area contributed by atoms with Crippen molar-refractivity contribution in [1.82, 2.24) is 9.97 Å². The van der Waals surface area contributed by atoms with Gasteiger partial charge in [0.2, 0.25) is 5.95 Å². The lowest BCUT2D eigenvalue weighted by molar-refractivity contribution is 1.19. The number of hydrogen-bond acceptors (Lipinski definition) is 3. The monoisotopic (exact) mass is 209 g/mol. The fraction of sp³-hybridized carbons (Fsp3) is 0.0769. The lowest BCUT2D eigenvalue weighted by Gasteiger charge is -2.04. The number of anilines is 1. The Labute approximate surface area is 94.4 Å². The van der Waals surface area contributed by atoms with Crippen molar-refractivity contribution >= 4 is 5.95 Å². The second-order valence-electron chi connectivity index (χ2n) is 3.53. The van der Waals surface area contributed by atoms with E-state index in [-0.39, 0.29) is 5.95 Å². The van der Waals surface area contributed by atoms with E-state index in [1.807, 2.05) is 31.2 Å². The second kappa shape index (κ2) is 4.03. The molecule has 3 heteroatoms. The van der Waals surface area contributed by atoms with Crippen LogP contribution in [0, 0.1) is 19.3 Å². The first-order valence-corrected chi connectivity index (χ1v) is 4.86. The molecule has 0 spiro atoms. The van der Waals surface area contributed by atoms with E-state index >= 15 is 0 Å². The molecule has 0 aliphatic heterocycles. The minimum Gasteiger partial charge on any atom is -0.368 e. The first-order valence-electron chi connectivity index (χ1n) is 4.86. The van der Waals surface area contributed by atoms with E-state index in [1.54, 1.807) is 6.20 Å². The smallest absolute Gasteiger partial charge is 0.220 e. The van der Waals surface area contributed by atoms with Gasteiger partial charge < -0.3 is 5.73 Å². The fourth-order valence-corrected chi connectivity index (χ4v) is 1.55. The van der Waals surface area contributed by atoms with Crippen LogP contribution in [-0.4, -0.2) is 9.97 Å². The number of rotatable bonds is 1. The predicted molar refractivity (Wildman–Crippen MR) is 64.6 cm³/mol. The average Bonchev–Trinajstić information content (AvgIpc) is 2.28. The zero-order valence-corrected chi connectivity index (χ0v) is 8.94. The zero-order valence-electron chi connectivity index (χ0n) is 8.94. The summed E-state index contributed by atoms with van der Waals surface area (Å²) >= 11 is 0. The highest BCUT2D eigenvalue weighted by molar-refractivity contribution is 5.63. The van der Waals surface area contributed by atoms with Crippen LogP contribution < -0.4 is 5.73 Å². The SMILES string of the molecule is C#Cc1cc(C)cc(-c2ccnc(N)n2)c1. The van der Waals surface area contributed by atoms with E-state index in [9.17, 15) is 0 Å². The predicted octanol–water partition coefficient (Wildman–Crippen LogP) is 2.02. The summed E-state index contributed by atoms with van der Waals surface area (Å²) in [5.74, 6) is 2.88. The van der Waals surface area contributed by atoms with Gasteiger partial charge in [0.15, 0.2) is 0 Å². The molecule has 1 aromatic heterocycles. The molecule has 0 unspecified atom stereocenters. The Morgan fingerprint density at radius 3 is 2.81 bits per heavy atom. The quantitative estimate of drug-likeness (QED) is 0.731. The van der Waals surface area contributed by atoms with Crippen molar-refractivity contribution < 1.29 is 0 Å². The largest absolute Gasteiger partial charge is 0.368 e. The molecule has 2 aromatic rings. The molecule has 0 amide bonds. The van der Waals surface area contributed by atoms with Gasteiger partial charge in [-0.3, -0.25) is 0 Å². The highest BCUT2D eigenvalue weighted by atomic mass is 15.0. The molecule has 0 bridgehead atoms. The molecule has 0 fully saturated rings. The van der Waals surface area contributed by atoms with Crippen LogP contribution in [-0.2, 0) is 0 Å². The van der Waals surface area contributed by atoms with Crippen molar-refractivity contribution in [2.45, 2.75) is 6.92 Å². The first-order chi connectivity index (χ1) is 7.69. The van der Waals surface area contributed by atoms with Crippen molar-refractivity contribution in [2.75, 3.05) is 5.73 Å². The minimum atomic E-state index is 0.265. The summed E-state index contributed by atoms with van der Waals surface area (Å²) in [6.07, 6.45) is 7.02. The van der Waals surface area contributed by atoms with Crippen molar-refractivity contribution in [2.24, 2.45) is 0 Å². The second-order valence-corrected chi connectivity index (χ2v) is 3.53. The first kappa shape index (κ1) is 10.2. The maximum Gasteiger partial charge on any atom is 0.220 e. The van der Waals surface area contributed by atoms with Crippen molar-refractivity contribution in [3.8, 4) is 23.6 Å². The average molecular weight is 209 g/mol. The molecule has 1 heterocycles. The molecule has 0 aliphatic rings. The van der Waals surface area contributed by atoms with Gasteiger partial charge in [-0.15, -0.1) is 6.42 Å². The summed E-state index contributed by atoms with van der Waals surface area (Å²) in [6, 6.07) is 7.69. The molecule has 0 aliphatic carbocycles. The van der Waals surface area contributed by atoms with Crippen LogP contribution in [0.4, 0.5) is 5.95 Å². The molecule has 0 atom stereocenters. The highest BCUT2D eigenvalue weighted by Crippen LogP contribution is 2.20. The lowest BCUT2D eigenvalue weighted by atomic mass is 10.0. The van der Waals surface area contributed by atoms with E-state index in [2.05, 4.69) is 15.9 Å². The van der Waals surface area contributed by atoms with Crippen LogP contribution in [0.1, 0.15) is 11.1 Å². The van der Waals surface area contributed by atoms with E-state index in [0.717, 1.165) is 22.4 Å². The Morgan fingerprint density at radius 1 is 1.31 bits per heavy atom. The Morgan fingerprint density at radius 2 is 2.12 bits per heavy atom. The molecule has 0 radical (unpaired) electrons. The van der Waals surface area contributed by atoms with Crippen LogP contribution in [0.2, 0.25) is 0 Å². The molecule has 78 valence electrons. The molecule has 2 N–H and O–H groups in total. The van der Waals surface area contributed by atoms with Gasteiger partial charge in [0.1, 0.15) is 0 Å². The summed E-state index contributed by atoms with van der Waals surface area (Å²) in [5.41, 5.74) is 9.23. The minimum absolute atomic E-state index is 0.265. The van der Waals surface area contributed by atoms with Crippen LogP contribution in [0.15, 0.2) is 30.5 Å². The Kier molecular flexibility index (Phi) is 2.57. The molecule has 1 aromatic carbocycles. The molecule has 3 nitrogen and oxygen atoms in total. The number of nitrogens with two attached hydrogens (primary N) is 1. The van der Waals surface area contributed by atoms with Gasteiger partial charge in [0, 0.05) is 17.3 Å². The van der Waals surface area contributed by atoms with Crippen LogP contribution in [0.5, 0.6) is 0 Å². The number of nitrogens with zero attached hydrogens (tertiary/aromatic N) is 2. The molecule has 0 saturated heterocycles. The number of aromatic nitrogens is 2. The van der Waals surface area contributed by atoms with Gasteiger partial charge >= 0.3 is 0 Å². The van der Waals surface area contributed by atoms with Crippen LogP contribution >= 0.6 is 0 Å². The lowest BCUT2D eigenvalue weighted by Crippen LogP contribution is -1.95. The Balaban J connectivity index is 2.56. The standard InChI is InChI=1S/C13H11N3/c1-3-10-6-9(2)7-11(8-10)12-4-5-15-13(14)16-12/h1,4-8H,2H3,(H2,14,15,16). The third-order valence-electron chi connectivity index (χ3n) is 2.21. The Hall–Kier alpha value is -2.34. The van der Waals surface area contributed by atoms with Crippen LogP contribution in [0.3, 0.4) is 0 Å². The molecule has 0 saturated carbocycles. The van der Waals surface area contributed by atoms with Crippen molar-refractivity contribution in [3.05, 3.63) is 41.6 Å². The maximum absolute atomic E-state index is 5.54. The normalized spacial score (nSPS) is 9.75.